The van der Waals surface area contributed by atoms with Gasteiger partial charge in [0.25, 0.3) is 5.91 Å². The lowest BCUT2D eigenvalue weighted by atomic mass is 10.1. The molecular formula is C20H20N2O3. The van der Waals surface area contributed by atoms with E-state index >= 15 is 0 Å². The molecule has 0 saturated heterocycles. The molecule has 1 aromatic heterocycles. The highest BCUT2D eigenvalue weighted by atomic mass is 16.5. The standard InChI is InChI=1S/C20H20N2O3/c1-13(2)25-19-11-7-5-9-17(19)21-20(24)16-12-22(14(3)23)18-10-6-4-8-15(16)18/h4-13H,1-3H3,(H,21,24). The molecule has 0 aliphatic carbocycles. The molecule has 0 aliphatic heterocycles. The molecule has 2 aromatic carbocycles. The lowest BCUT2D eigenvalue weighted by molar-refractivity contribution is 0.0941. The number of amides is 1. The summed E-state index contributed by atoms with van der Waals surface area (Å²) in [5, 5.41) is 3.62. The third kappa shape index (κ3) is 3.40. The van der Waals surface area contributed by atoms with Gasteiger partial charge in [0, 0.05) is 18.5 Å². The van der Waals surface area contributed by atoms with Crippen molar-refractivity contribution in [1.29, 1.82) is 0 Å². The first-order chi connectivity index (χ1) is 12.0. The highest BCUT2D eigenvalue weighted by Gasteiger charge is 2.18. The number of hydrogen-bond acceptors (Lipinski definition) is 3. The predicted octanol–water partition coefficient (Wildman–Crippen LogP) is 4.34. The average molecular weight is 336 g/mol. The maximum Gasteiger partial charge on any atom is 0.257 e. The van der Waals surface area contributed by atoms with E-state index in [1.807, 2.05) is 56.3 Å². The van der Waals surface area contributed by atoms with Crippen molar-refractivity contribution < 1.29 is 14.3 Å². The third-order valence-electron chi connectivity index (χ3n) is 3.79. The van der Waals surface area contributed by atoms with Gasteiger partial charge < -0.3 is 10.1 Å². The summed E-state index contributed by atoms with van der Waals surface area (Å²) in [4.78, 5) is 24.7. The fourth-order valence-corrected chi connectivity index (χ4v) is 2.74. The summed E-state index contributed by atoms with van der Waals surface area (Å²) in [6, 6.07) is 14.6. The van der Waals surface area contributed by atoms with Gasteiger partial charge in [-0.25, -0.2) is 0 Å². The van der Waals surface area contributed by atoms with Crippen LogP contribution in [-0.4, -0.2) is 22.5 Å². The number of carbonyl (C=O) groups is 2. The quantitative estimate of drug-likeness (QED) is 0.771. The molecule has 3 aromatic rings. The topological polar surface area (TPSA) is 60.3 Å². The number of para-hydroxylation sites is 3. The van der Waals surface area contributed by atoms with Crippen molar-refractivity contribution in [3.8, 4) is 5.75 Å². The molecule has 5 nitrogen and oxygen atoms in total. The predicted molar refractivity (Wildman–Crippen MR) is 98.4 cm³/mol. The number of carbonyl (C=O) groups excluding carboxylic acids is 2. The van der Waals surface area contributed by atoms with Crippen molar-refractivity contribution in [1.82, 2.24) is 4.57 Å². The van der Waals surface area contributed by atoms with Crippen LogP contribution in [0.1, 0.15) is 35.9 Å². The van der Waals surface area contributed by atoms with Crippen molar-refractivity contribution in [2.45, 2.75) is 26.9 Å². The number of benzene rings is 2. The first kappa shape index (κ1) is 16.8. The fraction of sp³-hybridized carbons (Fsp3) is 0.200. The normalized spacial score (nSPS) is 10.9. The van der Waals surface area contributed by atoms with Gasteiger partial charge in [-0.15, -0.1) is 0 Å². The summed E-state index contributed by atoms with van der Waals surface area (Å²) in [6.07, 6.45) is 1.58. The number of hydrogen-bond donors (Lipinski definition) is 1. The van der Waals surface area contributed by atoms with Crippen LogP contribution in [0.2, 0.25) is 0 Å². The van der Waals surface area contributed by atoms with Gasteiger partial charge in [0.1, 0.15) is 5.75 Å². The highest BCUT2D eigenvalue weighted by Crippen LogP contribution is 2.27. The Morgan fingerprint density at radius 1 is 1.04 bits per heavy atom. The van der Waals surface area contributed by atoms with Gasteiger partial charge in [0.05, 0.1) is 22.9 Å². The van der Waals surface area contributed by atoms with E-state index < -0.39 is 0 Å². The number of ether oxygens (including phenoxy) is 1. The van der Waals surface area contributed by atoms with Crippen LogP contribution in [0.15, 0.2) is 54.7 Å². The molecule has 128 valence electrons. The zero-order valence-electron chi connectivity index (χ0n) is 14.4. The van der Waals surface area contributed by atoms with Crippen LogP contribution >= 0.6 is 0 Å². The van der Waals surface area contributed by atoms with E-state index in [2.05, 4.69) is 5.32 Å². The van der Waals surface area contributed by atoms with Gasteiger partial charge in [-0.1, -0.05) is 30.3 Å². The summed E-state index contributed by atoms with van der Waals surface area (Å²) in [6.45, 7) is 5.33. The van der Waals surface area contributed by atoms with E-state index in [9.17, 15) is 9.59 Å². The van der Waals surface area contributed by atoms with E-state index in [1.54, 1.807) is 12.3 Å². The SMILES string of the molecule is CC(=O)n1cc(C(=O)Nc2ccccc2OC(C)C)c2ccccc21. The van der Waals surface area contributed by atoms with Gasteiger partial charge >= 0.3 is 0 Å². The summed E-state index contributed by atoms with van der Waals surface area (Å²) < 4.78 is 7.23. The van der Waals surface area contributed by atoms with Gasteiger partial charge in [0.2, 0.25) is 5.91 Å². The molecule has 3 rings (SSSR count). The third-order valence-corrected chi connectivity index (χ3v) is 3.79. The van der Waals surface area contributed by atoms with E-state index in [1.165, 1.54) is 11.5 Å². The van der Waals surface area contributed by atoms with E-state index in [0.29, 0.717) is 22.5 Å². The molecule has 0 radical (unpaired) electrons. The van der Waals surface area contributed by atoms with Crippen LogP contribution in [0.5, 0.6) is 5.75 Å². The Labute approximate surface area is 146 Å². The van der Waals surface area contributed by atoms with Gasteiger partial charge in [0.15, 0.2) is 0 Å². The first-order valence-corrected chi connectivity index (χ1v) is 8.15. The molecule has 1 heterocycles. The van der Waals surface area contributed by atoms with Crippen LogP contribution in [-0.2, 0) is 0 Å². The highest BCUT2D eigenvalue weighted by molar-refractivity contribution is 6.14. The monoisotopic (exact) mass is 336 g/mol. The minimum absolute atomic E-state index is 0.00215. The largest absolute Gasteiger partial charge is 0.489 e. The lowest BCUT2D eigenvalue weighted by Gasteiger charge is -2.14. The van der Waals surface area contributed by atoms with Crippen LogP contribution in [0.25, 0.3) is 10.9 Å². The molecule has 0 saturated carbocycles. The number of nitrogens with one attached hydrogen (secondary N) is 1. The second kappa shape index (κ2) is 6.81. The summed E-state index contributed by atoms with van der Waals surface area (Å²) in [7, 11) is 0. The van der Waals surface area contributed by atoms with Crippen molar-refractivity contribution >= 4 is 28.4 Å². The summed E-state index contributed by atoms with van der Waals surface area (Å²) >= 11 is 0. The molecule has 1 N–H and O–H groups in total. The first-order valence-electron chi connectivity index (χ1n) is 8.15. The van der Waals surface area contributed by atoms with Crippen molar-refractivity contribution in [3.05, 3.63) is 60.3 Å². The Balaban J connectivity index is 1.98. The minimum atomic E-state index is -0.281. The van der Waals surface area contributed by atoms with Crippen molar-refractivity contribution in [3.63, 3.8) is 0 Å². The molecule has 5 heteroatoms. The number of aromatic nitrogens is 1. The molecule has 0 atom stereocenters. The molecule has 25 heavy (non-hydrogen) atoms. The molecule has 0 fully saturated rings. The van der Waals surface area contributed by atoms with E-state index in [0.717, 1.165) is 5.39 Å². The molecule has 0 aliphatic rings. The lowest BCUT2D eigenvalue weighted by Crippen LogP contribution is -2.14. The zero-order chi connectivity index (χ0) is 18.0. The Morgan fingerprint density at radius 2 is 1.72 bits per heavy atom. The van der Waals surface area contributed by atoms with E-state index in [4.69, 9.17) is 4.74 Å². The Bertz CT molecular complexity index is 941. The van der Waals surface area contributed by atoms with Crippen LogP contribution < -0.4 is 10.1 Å². The Hall–Kier alpha value is -3.08. The summed E-state index contributed by atoms with van der Waals surface area (Å²) in [5.41, 5.74) is 1.76. The molecule has 0 unspecified atom stereocenters. The van der Waals surface area contributed by atoms with Gasteiger partial charge in [-0.05, 0) is 32.0 Å². The average Bonchev–Trinajstić information content (AvgIpc) is 2.96. The van der Waals surface area contributed by atoms with Crippen molar-refractivity contribution in [2.75, 3.05) is 5.32 Å². The van der Waals surface area contributed by atoms with Crippen LogP contribution in [0, 0.1) is 0 Å². The smallest absolute Gasteiger partial charge is 0.257 e. The Morgan fingerprint density at radius 3 is 2.44 bits per heavy atom. The second-order valence-corrected chi connectivity index (χ2v) is 6.07. The number of fused-ring (bicyclic) bond motifs is 1. The van der Waals surface area contributed by atoms with Gasteiger partial charge in [-0.2, -0.15) is 0 Å². The molecule has 1 amide bonds. The number of rotatable bonds is 4. The maximum absolute atomic E-state index is 12.8. The number of nitrogens with zero attached hydrogens (tertiary/aromatic N) is 1. The fourth-order valence-electron chi connectivity index (χ4n) is 2.74. The Kier molecular flexibility index (Phi) is 4.57. The second-order valence-electron chi connectivity index (χ2n) is 6.07. The molecular weight excluding hydrogens is 316 g/mol. The van der Waals surface area contributed by atoms with Gasteiger partial charge in [-0.3, -0.25) is 14.2 Å². The van der Waals surface area contributed by atoms with E-state index in [-0.39, 0.29) is 17.9 Å². The van der Waals surface area contributed by atoms with Crippen LogP contribution in [0.4, 0.5) is 5.69 Å². The van der Waals surface area contributed by atoms with Crippen LogP contribution in [0.3, 0.4) is 0 Å². The summed E-state index contributed by atoms with van der Waals surface area (Å²) in [5.74, 6) is 0.191. The van der Waals surface area contributed by atoms with Crippen molar-refractivity contribution in [2.24, 2.45) is 0 Å². The zero-order valence-corrected chi connectivity index (χ0v) is 14.4. The minimum Gasteiger partial charge on any atom is -0.489 e. The maximum atomic E-state index is 12.8. The number of anilines is 1. The molecule has 0 bridgehead atoms. The molecule has 0 spiro atoms.